The molecule has 174 valence electrons. The number of amides is 2. The predicted octanol–water partition coefficient (Wildman–Crippen LogP) is 3.62. The molecule has 4 rings (SSSR count). The number of hydrogen-bond donors (Lipinski definition) is 2. The summed E-state index contributed by atoms with van der Waals surface area (Å²) in [7, 11) is 1.56. The molecule has 2 aliphatic rings. The van der Waals surface area contributed by atoms with E-state index in [1.165, 1.54) is 0 Å². The van der Waals surface area contributed by atoms with E-state index in [2.05, 4.69) is 10.6 Å². The number of allylic oxidation sites excluding steroid dienone is 1. The molecule has 0 bridgehead atoms. The molecule has 0 spiro atoms. The van der Waals surface area contributed by atoms with Crippen LogP contribution in [0.3, 0.4) is 0 Å². The number of nitrogens with one attached hydrogen (secondary N) is 2. The smallest absolute Gasteiger partial charge is 0.338 e. The highest BCUT2D eigenvalue weighted by Gasteiger charge is 2.33. The van der Waals surface area contributed by atoms with Gasteiger partial charge in [0.05, 0.1) is 24.8 Å². The van der Waals surface area contributed by atoms with E-state index in [-0.39, 0.29) is 12.7 Å². The van der Waals surface area contributed by atoms with Gasteiger partial charge in [0, 0.05) is 12.3 Å². The number of ether oxygens (including phenoxy) is 4. The fourth-order valence-electron chi connectivity index (χ4n) is 3.96. The topological polar surface area (TPSA) is 95.1 Å². The maximum Gasteiger partial charge on any atom is 0.338 e. The Balaban J connectivity index is 1.57. The Labute approximate surface area is 192 Å². The fraction of sp³-hybridized carbons (Fsp3) is 0.360. The van der Waals surface area contributed by atoms with Crippen molar-refractivity contribution < 1.29 is 28.5 Å². The summed E-state index contributed by atoms with van der Waals surface area (Å²) >= 11 is 0. The summed E-state index contributed by atoms with van der Waals surface area (Å²) < 4.78 is 22.5. The van der Waals surface area contributed by atoms with Crippen molar-refractivity contribution in [2.75, 3.05) is 20.3 Å². The maximum atomic E-state index is 13.0. The third-order valence-electron chi connectivity index (χ3n) is 5.67. The van der Waals surface area contributed by atoms with Crippen molar-refractivity contribution >= 4 is 12.0 Å². The number of carbonyl (C=O) groups excluding carboxylic acids is 2. The summed E-state index contributed by atoms with van der Waals surface area (Å²) in [4.78, 5) is 25.2. The number of urea groups is 1. The lowest BCUT2D eigenvalue weighted by Gasteiger charge is -2.28. The molecule has 2 N–H and O–H groups in total. The lowest BCUT2D eigenvalue weighted by molar-refractivity contribution is -0.142. The van der Waals surface area contributed by atoms with Crippen molar-refractivity contribution in [2.24, 2.45) is 0 Å². The SMILES string of the molecule is COc1ccc([C@H]2NC(=O)NC(C)=C2C(=O)OC[C@@H]2CCCO2)cc1OCc1ccccc1. The van der Waals surface area contributed by atoms with E-state index in [0.29, 0.717) is 41.5 Å². The molecule has 0 unspecified atom stereocenters. The lowest BCUT2D eigenvalue weighted by atomic mass is 9.95. The van der Waals surface area contributed by atoms with E-state index >= 15 is 0 Å². The molecule has 2 heterocycles. The van der Waals surface area contributed by atoms with Gasteiger partial charge >= 0.3 is 12.0 Å². The Kier molecular flexibility index (Phi) is 7.14. The van der Waals surface area contributed by atoms with E-state index in [1.54, 1.807) is 32.2 Å². The minimum absolute atomic E-state index is 0.0848. The summed E-state index contributed by atoms with van der Waals surface area (Å²) in [5.74, 6) is 0.567. The number of carbonyl (C=O) groups is 2. The van der Waals surface area contributed by atoms with Crippen molar-refractivity contribution in [3.05, 3.63) is 70.9 Å². The first kappa shape index (κ1) is 22.7. The van der Waals surface area contributed by atoms with Crippen LogP contribution in [-0.4, -0.2) is 38.4 Å². The first-order valence-corrected chi connectivity index (χ1v) is 11.0. The molecule has 2 amide bonds. The number of esters is 1. The largest absolute Gasteiger partial charge is 0.493 e. The standard InChI is InChI=1S/C25H28N2O6/c1-16-22(24(28)33-15-19-9-6-12-31-19)23(27-25(29)26-16)18-10-11-20(30-2)21(13-18)32-14-17-7-4-3-5-8-17/h3-5,7-8,10-11,13,19,23H,6,9,12,14-15H2,1-2H3,(H2,26,27,29)/t19-,23+/m0/s1. The van der Waals surface area contributed by atoms with Crippen LogP contribution in [0, 0.1) is 0 Å². The van der Waals surface area contributed by atoms with E-state index in [0.717, 1.165) is 18.4 Å². The van der Waals surface area contributed by atoms with Gasteiger partial charge in [-0.05, 0) is 43.0 Å². The highest BCUT2D eigenvalue weighted by Crippen LogP contribution is 2.35. The predicted molar refractivity (Wildman–Crippen MR) is 121 cm³/mol. The minimum atomic E-state index is -0.694. The van der Waals surface area contributed by atoms with E-state index in [9.17, 15) is 9.59 Å². The highest BCUT2D eigenvalue weighted by molar-refractivity contribution is 5.95. The minimum Gasteiger partial charge on any atom is -0.493 e. The zero-order chi connectivity index (χ0) is 23.2. The molecule has 2 aliphatic heterocycles. The van der Waals surface area contributed by atoms with Gasteiger partial charge < -0.3 is 29.6 Å². The van der Waals surface area contributed by atoms with Gasteiger partial charge in [0.15, 0.2) is 11.5 Å². The normalized spacial score (nSPS) is 20.1. The second kappa shape index (κ2) is 10.4. The molecular weight excluding hydrogens is 424 g/mol. The molecule has 0 saturated carbocycles. The third kappa shape index (κ3) is 5.46. The molecule has 2 aromatic carbocycles. The van der Waals surface area contributed by atoms with Crippen LogP contribution in [0.15, 0.2) is 59.8 Å². The van der Waals surface area contributed by atoms with Crippen LogP contribution in [0.2, 0.25) is 0 Å². The summed E-state index contributed by atoms with van der Waals surface area (Å²) in [6.45, 7) is 2.90. The molecule has 2 atom stereocenters. The highest BCUT2D eigenvalue weighted by atomic mass is 16.6. The molecule has 2 aromatic rings. The van der Waals surface area contributed by atoms with Gasteiger partial charge in [-0.3, -0.25) is 0 Å². The Morgan fingerprint density at radius 2 is 1.97 bits per heavy atom. The van der Waals surface area contributed by atoms with Crippen LogP contribution in [-0.2, 0) is 20.9 Å². The van der Waals surface area contributed by atoms with Crippen LogP contribution in [0.25, 0.3) is 0 Å². The van der Waals surface area contributed by atoms with Gasteiger partial charge in [-0.15, -0.1) is 0 Å². The summed E-state index contributed by atoms with van der Waals surface area (Å²) in [5, 5.41) is 5.49. The molecular formula is C25H28N2O6. The summed E-state index contributed by atoms with van der Waals surface area (Å²) in [5.41, 5.74) is 2.47. The molecule has 8 nitrogen and oxygen atoms in total. The molecule has 0 aromatic heterocycles. The van der Waals surface area contributed by atoms with Crippen LogP contribution >= 0.6 is 0 Å². The molecule has 0 aliphatic carbocycles. The third-order valence-corrected chi connectivity index (χ3v) is 5.67. The van der Waals surface area contributed by atoms with E-state index < -0.39 is 18.0 Å². The first-order chi connectivity index (χ1) is 16.0. The average Bonchev–Trinajstić information content (AvgIpc) is 3.35. The van der Waals surface area contributed by atoms with Crippen LogP contribution in [0.4, 0.5) is 4.79 Å². The Morgan fingerprint density at radius 1 is 1.15 bits per heavy atom. The molecule has 8 heteroatoms. The molecule has 0 radical (unpaired) electrons. The van der Waals surface area contributed by atoms with Crippen LogP contribution < -0.4 is 20.1 Å². The fourth-order valence-corrected chi connectivity index (χ4v) is 3.96. The monoisotopic (exact) mass is 452 g/mol. The van der Waals surface area contributed by atoms with Gasteiger partial charge in [0.25, 0.3) is 0 Å². The second-order valence-corrected chi connectivity index (χ2v) is 7.99. The van der Waals surface area contributed by atoms with Gasteiger partial charge in [-0.1, -0.05) is 36.4 Å². The van der Waals surface area contributed by atoms with Gasteiger partial charge in [-0.2, -0.15) is 0 Å². The zero-order valence-electron chi connectivity index (χ0n) is 18.8. The van der Waals surface area contributed by atoms with Crippen LogP contribution in [0.1, 0.15) is 36.9 Å². The van der Waals surface area contributed by atoms with E-state index in [4.69, 9.17) is 18.9 Å². The lowest BCUT2D eigenvalue weighted by Crippen LogP contribution is -2.45. The number of methoxy groups -OCH3 is 1. The quantitative estimate of drug-likeness (QED) is 0.594. The van der Waals surface area contributed by atoms with Crippen molar-refractivity contribution in [1.29, 1.82) is 0 Å². The van der Waals surface area contributed by atoms with Crippen molar-refractivity contribution in [3.63, 3.8) is 0 Å². The van der Waals surface area contributed by atoms with E-state index in [1.807, 2.05) is 30.3 Å². The second-order valence-electron chi connectivity index (χ2n) is 7.99. The summed E-state index contributed by atoms with van der Waals surface area (Å²) in [6.07, 6.45) is 1.74. The van der Waals surface area contributed by atoms with Crippen molar-refractivity contribution in [2.45, 2.75) is 38.5 Å². The van der Waals surface area contributed by atoms with Crippen LogP contribution in [0.5, 0.6) is 11.5 Å². The number of rotatable bonds is 8. The Morgan fingerprint density at radius 3 is 2.70 bits per heavy atom. The first-order valence-electron chi connectivity index (χ1n) is 11.0. The zero-order valence-corrected chi connectivity index (χ0v) is 18.8. The number of benzene rings is 2. The molecule has 1 saturated heterocycles. The summed E-state index contributed by atoms with van der Waals surface area (Å²) in [6, 6.07) is 14.0. The van der Waals surface area contributed by atoms with Gasteiger partial charge in [-0.25, -0.2) is 9.59 Å². The van der Waals surface area contributed by atoms with Crippen molar-refractivity contribution in [1.82, 2.24) is 10.6 Å². The number of hydrogen-bond acceptors (Lipinski definition) is 6. The Bertz CT molecular complexity index is 1030. The van der Waals surface area contributed by atoms with Gasteiger partial charge in [0.2, 0.25) is 0 Å². The molecule has 1 fully saturated rings. The maximum absolute atomic E-state index is 13.0. The average molecular weight is 453 g/mol. The van der Waals surface area contributed by atoms with Crippen molar-refractivity contribution in [3.8, 4) is 11.5 Å². The van der Waals surface area contributed by atoms with Gasteiger partial charge in [0.1, 0.15) is 13.2 Å². The Hall–Kier alpha value is -3.52. The molecule has 33 heavy (non-hydrogen) atoms.